The van der Waals surface area contributed by atoms with Gasteiger partial charge in [-0.25, -0.2) is 0 Å². The van der Waals surface area contributed by atoms with Gasteiger partial charge in [-0.3, -0.25) is 4.79 Å². The Bertz CT molecular complexity index is 1030. The van der Waals surface area contributed by atoms with E-state index in [1.807, 2.05) is 51.1 Å². The molecule has 1 heterocycles. The average Bonchev–Trinajstić information content (AvgIpc) is 3.19. The van der Waals surface area contributed by atoms with Gasteiger partial charge in [-0.05, 0) is 74.7 Å². The minimum atomic E-state index is -0.640. The Kier molecular flexibility index (Phi) is 6.40. The van der Waals surface area contributed by atoms with Crippen LogP contribution in [0, 0.1) is 20.8 Å². The topological polar surface area (TPSA) is 77.7 Å². The number of aromatic nitrogens is 2. The maximum atomic E-state index is 12.8. The number of ether oxygens (including phenoxy) is 2. The first-order chi connectivity index (χ1) is 14.3. The molecule has 3 rings (SSSR count). The normalized spacial score (nSPS) is 11.8. The van der Waals surface area contributed by atoms with E-state index < -0.39 is 6.10 Å². The summed E-state index contributed by atoms with van der Waals surface area (Å²) in [6, 6.07) is 11.4. The molecule has 1 aromatic heterocycles. The smallest absolute Gasteiger partial charge is 0.263 e. The number of carbonyl (C=O) groups is 1. The Morgan fingerprint density at radius 3 is 2.53 bits per heavy atom. The Labute approximate surface area is 176 Å². The second-order valence-corrected chi connectivity index (χ2v) is 7.40. The van der Waals surface area contributed by atoms with E-state index in [1.54, 1.807) is 21.1 Å². The van der Waals surface area contributed by atoms with Crippen molar-refractivity contribution in [2.24, 2.45) is 0 Å². The fourth-order valence-electron chi connectivity index (χ4n) is 3.13. The first kappa shape index (κ1) is 21.4. The third-order valence-electron chi connectivity index (χ3n) is 4.98. The number of likely N-dealkylation sites (N-methyl/N-ethyl adjacent to an activating group) is 1. The van der Waals surface area contributed by atoms with Crippen LogP contribution in [-0.4, -0.2) is 41.2 Å². The van der Waals surface area contributed by atoms with Gasteiger partial charge in [0.1, 0.15) is 11.5 Å². The molecule has 3 aromatic rings. The van der Waals surface area contributed by atoms with E-state index in [9.17, 15) is 4.79 Å². The van der Waals surface area contributed by atoms with Crippen LogP contribution in [-0.2, 0) is 11.3 Å². The number of amides is 1. The predicted octanol–water partition coefficient (Wildman–Crippen LogP) is 4.10. The molecule has 0 N–H and O–H groups in total. The van der Waals surface area contributed by atoms with Crippen LogP contribution in [0.5, 0.6) is 11.5 Å². The van der Waals surface area contributed by atoms with Crippen LogP contribution in [0.2, 0.25) is 0 Å². The quantitative estimate of drug-likeness (QED) is 0.585. The molecule has 2 aromatic carbocycles. The van der Waals surface area contributed by atoms with Gasteiger partial charge in [0.2, 0.25) is 11.7 Å². The molecular weight excluding hydrogens is 382 g/mol. The van der Waals surface area contributed by atoms with Crippen molar-refractivity contribution in [1.82, 2.24) is 15.0 Å². The molecule has 0 unspecified atom stereocenters. The van der Waals surface area contributed by atoms with Crippen LogP contribution in [0.25, 0.3) is 11.4 Å². The molecule has 0 spiro atoms. The third kappa shape index (κ3) is 4.79. The Hall–Kier alpha value is -3.35. The van der Waals surface area contributed by atoms with Gasteiger partial charge >= 0.3 is 0 Å². The van der Waals surface area contributed by atoms with Crippen LogP contribution in [0.3, 0.4) is 0 Å². The summed E-state index contributed by atoms with van der Waals surface area (Å²) in [5, 5.41) is 4.00. The van der Waals surface area contributed by atoms with E-state index in [4.69, 9.17) is 14.0 Å². The van der Waals surface area contributed by atoms with E-state index in [-0.39, 0.29) is 12.5 Å². The molecule has 0 aliphatic rings. The Morgan fingerprint density at radius 2 is 1.87 bits per heavy atom. The molecule has 0 radical (unpaired) electrons. The first-order valence-corrected chi connectivity index (χ1v) is 9.75. The number of methoxy groups -OCH3 is 1. The van der Waals surface area contributed by atoms with Crippen LogP contribution in [0.1, 0.15) is 29.5 Å². The lowest BCUT2D eigenvalue weighted by Crippen LogP contribution is -2.37. The largest absolute Gasteiger partial charge is 0.497 e. The van der Waals surface area contributed by atoms with E-state index in [0.29, 0.717) is 11.7 Å². The molecule has 0 saturated heterocycles. The molecule has 7 nitrogen and oxygen atoms in total. The third-order valence-corrected chi connectivity index (χ3v) is 4.98. The van der Waals surface area contributed by atoms with E-state index >= 15 is 0 Å². The highest BCUT2D eigenvalue weighted by molar-refractivity contribution is 5.80. The highest BCUT2D eigenvalue weighted by atomic mass is 16.5. The van der Waals surface area contributed by atoms with E-state index in [0.717, 1.165) is 33.8 Å². The van der Waals surface area contributed by atoms with Crippen molar-refractivity contribution >= 4 is 5.91 Å². The Balaban J connectivity index is 1.64. The zero-order valence-electron chi connectivity index (χ0n) is 18.2. The van der Waals surface area contributed by atoms with E-state index in [2.05, 4.69) is 16.2 Å². The summed E-state index contributed by atoms with van der Waals surface area (Å²) >= 11 is 0. The summed E-state index contributed by atoms with van der Waals surface area (Å²) < 4.78 is 16.4. The molecule has 0 fully saturated rings. The Morgan fingerprint density at radius 1 is 1.17 bits per heavy atom. The second-order valence-electron chi connectivity index (χ2n) is 7.40. The molecule has 0 aliphatic carbocycles. The highest BCUT2D eigenvalue weighted by Crippen LogP contribution is 2.25. The fourth-order valence-corrected chi connectivity index (χ4v) is 3.13. The summed E-state index contributed by atoms with van der Waals surface area (Å²) in [5.41, 5.74) is 4.07. The molecule has 0 bridgehead atoms. The zero-order valence-corrected chi connectivity index (χ0v) is 18.2. The van der Waals surface area contributed by atoms with Gasteiger partial charge in [0.15, 0.2) is 6.10 Å². The lowest BCUT2D eigenvalue weighted by atomic mass is 10.1. The monoisotopic (exact) mass is 409 g/mol. The van der Waals surface area contributed by atoms with Crippen LogP contribution in [0.4, 0.5) is 0 Å². The van der Waals surface area contributed by atoms with Crippen molar-refractivity contribution in [2.45, 2.75) is 40.3 Å². The van der Waals surface area contributed by atoms with Gasteiger partial charge in [0.05, 0.1) is 13.7 Å². The summed E-state index contributed by atoms with van der Waals surface area (Å²) in [4.78, 5) is 18.7. The maximum Gasteiger partial charge on any atom is 0.263 e. The van der Waals surface area contributed by atoms with Crippen molar-refractivity contribution < 1.29 is 18.8 Å². The number of benzene rings is 2. The van der Waals surface area contributed by atoms with Gasteiger partial charge in [-0.2, -0.15) is 4.98 Å². The standard InChI is InChI=1S/C23H27N3O4/c1-14-11-15(2)16(3)20(12-14)29-17(4)23(27)26(5)13-21-24-22(25-30-21)18-7-9-19(28-6)10-8-18/h7-12,17H,13H2,1-6H3/t17-/m0/s1. The van der Waals surface area contributed by atoms with Crippen LogP contribution >= 0.6 is 0 Å². The van der Waals surface area contributed by atoms with Gasteiger partial charge in [-0.1, -0.05) is 11.2 Å². The molecule has 0 aliphatic heterocycles. The molecular formula is C23H27N3O4. The number of hydrogen-bond acceptors (Lipinski definition) is 6. The summed E-state index contributed by atoms with van der Waals surface area (Å²) in [5.74, 6) is 2.12. The van der Waals surface area contributed by atoms with Gasteiger partial charge in [0.25, 0.3) is 5.91 Å². The molecule has 30 heavy (non-hydrogen) atoms. The highest BCUT2D eigenvalue weighted by Gasteiger charge is 2.22. The van der Waals surface area contributed by atoms with Gasteiger partial charge < -0.3 is 18.9 Å². The maximum absolute atomic E-state index is 12.8. The first-order valence-electron chi connectivity index (χ1n) is 9.75. The minimum absolute atomic E-state index is 0.169. The van der Waals surface area contributed by atoms with Crippen molar-refractivity contribution in [2.75, 3.05) is 14.2 Å². The SMILES string of the molecule is COc1ccc(-c2noc(CN(C)C(=O)[C@H](C)Oc3cc(C)cc(C)c3C)n2)cc1. The minimum Gasteiger partial charge on any atom is -0.497 e. The van der Waals surface area contributed by atoms with Crippen molar-refractivity contribution in [1.29, 1.82) is 0 Å². The van der Waals surface area contributed by atoms with E-state index in [1.165, 1.54) is 4.90 Å². The second kappa shape index (κ2) is 8.98. The van der Waals surface area contributed by atoms with Gasteiger partial charge in [-0.15, -0.1) is 0 Å². The lowest BCUT2D eigenvalue weighted by Gasteiger charge is -2.22. The summed E-state index contributed by atoms with van der Waals surface area (Å²) in [6.45, 7) is 7.97. The number of nitrogens with zero attached hydrogens (tertiary/aromatic N) is 3. The van der Waals surface area contributed by atoms with Crippen molar-refractivity contribution in [3.63, 3.8) is 0 Å². The predicted molar refractivity (Wildman–Crippen MR) is 114 cm³/mol. The van der Waals surface area contributed by atoms with Crippen molar-refractivity contribution in [3.05, 3.63) is 59.0 Å². The van der Waals surface area contributed by atoms with Crippen LogP contribution in [0.15, 0.2) is 40.9 Å². The number of carbonyl (C=O) groups excluding carboxylic acids is 1. The van der Waals surface area contributed by atoms with Gasteiger partial charge in [0, 0.05) is 12.6 Å². The molecule has 0 saturated carbocycles. The number of rotatable bonds is 7. The molecule has 158 valence electrons. The van der Waals surface area contributed by atoms with Crippen molar-refractivity contribution in [3.8, 4) is 22.9 Å². The number of aryl methyl sites for hydroxylation is 2. The molecule has 1 amide bonds. The summed E-state index contributed by atoms with van der Waals surface area (Å²) in [7, 11) is 3.30. The lowest BCUT2D eigenvalue weighted by molar-refractivity contribution is -0.137. The molecule has 7 heteroatoms. The summed E-state index contributed by atoms with van der Waals surface area (Å²) in [6.07, 6.45) is -0.640. The van der Waals surface area contributed by atoms with Crippen LogP contribution < -0.4 is 9.47 Å². The zero-order chi connectivity index (χ0) is 21.8. The average molecular weight is 409 g/mol. The molecule has 1 atom stereocenters. The number of hydrogen-bond donors (Lipinski definition) is 0. The fraction of sp³-hybridized carbons (Fsp3) is 0.348.